The lowest BCUT2D eigenvalue weighted by Crippen LogP contribution is -2.19. The Bertz CT molecular complexity index is 212. The number of nitrogens with one attached hydrogen (secondary N) is 1. The number of aliphatic imine (C=N–C) groups is 2. The molecule has 0 radical (unpaired) electrons. The molecular weight excluding hydrogens is 114 g/mol. The van der Waals surface area contributed by atoms with Gasteiger partial charge in [0.2, 0.25) is 0 Å². The predicted octanol–water partition coefficient (Wildman–Crippen LogP) is 0.304. The van der Waals surface area contributed by atoms with E-state index in [0.717, 1.165) is 24.4 Å². The Kier molecular flexibility index (Phi) is 0.886. The van der Waals surface area contributed by atoms with Crippen LogP contribution in [0, 0.1) is 0 Å². The maximum atomic E-state index is 4.07. The monoisotopic (exact) mass is 121 g/mol. The minimum atomic E-state index is 0.992. The summed E-state index contributed by atoms with van der Waals surface area (Å²) in [6, 6.07) is 0. The molecule has 2 rings (SSSR count). The number of rotatable bonds is 0. The highest BCUT2D eigenvalue weighted by Gasteiger charge is 2.12. The first kappa shape index (κ1) is 4.73. The quantitative estimate of drug-likeness (QED) is 0.491. The lowest BCUT2D eigenvalue weighted by Gasteiger charge is -2.08. The molecule has 0 spiro atoms. The topological polar surface area (TPSA) is 36.8 Å². The van der Waals surface area contributed by atoms with Crippen molar-refractivity contribution in [3.05, 3.63) is 11.9 Å². The lowest BCUT2D eigenvalue weighted by molar-refractivity contribution is 0.845. The summed E-state index contributed by atoms with van der Waals surface area (Å²) in [4.78, 5) is 8.10. The number of nitrogens with zero attached hydrogens (tertiary/aromatic N) is 2. The molecule has 0 aromatic rings. The molecule has 0 aliphatic carbocycles. The molecular formula is C6H7N3. The van der Waals surface area contributed by atoms with E-state index in [1.165, 1.54) is 0 Å². The average Bonchev–Trinajstić information content (AvgIpc) is 2.33. The second kappa shape index (κ2) is 1.69. The average molecular weight is 121 g/mol. The predicted molar refractivity (Wildman–Crippen MR) is 36.6 cm³/mol. The van der Waals surface area contributed by atoms with E-state index in [4.69, 9.17) is 0 Å². The Balaban J connectivity index is 2.38. The van der Waals surface area contributed by atoms with Crippen molar-refractivity contribution in [3.8, 4) is 0 Å². The van der Waals surface area contributed by atoms with Crippen molar-refractivity contribution in [1.82, 2.24) is 5.32 Å². The third-order valence-electron chi connectivity index (χ3n) is 1.45. The summed E-state index contributed by atoms with van der Waals surface area (Å²) in [5, 5.41) is 3.10. The molecule has 0 aromatic carbocycles. The van der Waals surface area contributed by atoms with Gasteiger partial charge in [-0.1, -0.05) is 0 Å². The second-order valence-corrected chi connectivity index (χ2v) is 2.05. The minimum absolute atomic E-state index is 0.992. The van der Waals surface area contributed by atoms with Gasteiger partial charge in [0.1, 0.15) is 12.0 Å². The Labute approximate surface area is 53.2 Å². The van der Waals surface area contributed by atoms with Gasteiger partial charge >= 0.3 is 0 Å². The van der Waals surface area contributed by atoms with Gasteiger partial charge in [-0.3, -0.25) is 0 Å². The van der Waals surface area contributed by atoms with Crippen LogP contribution >= 0.6 is 0 Å². The zero-order valence-corrected chi connectivity index (χ0v) is 4.96. The van der Waals surface area contributed by atoms with E-state index in [1.807, 2.05) is 6.20 Å². The van der Waals surface area contributed by atoms with E-state index < -0.39 is 0 Å². The maximum absolute atomic E-state index is 4.07. The summed E-state index contributed by atoms with van der Waals surface area (Å²) in [7, 11) is 0. The zero-order chi connectivity index (χ0) is 6.10. The highest BCUT2D eigenvalue weighted by molar-refractivity contribution is 6.08. The fourth-order valence-electron chi connectivity index (χ4n) is 0.974. The SMILES string of the molecule is C1=NC2=CNCCC2=N1. The molecule has 0 saturated carbocycles. The van der Waals surface area contributed by atoms with Gasteiger partial charge in [-0.25, -0.2) is 9.98 Å². The van der Waals surface area contributed by atoms with Crippen molar-refractivity contribution < 1.29 is 0 Å². The van der Waals surface area contributed by atoms with Crippen LogP contribution in [0.5, 0.6) is 0 Å². The molecule has 0 aromatic heterocycles. The van der Waals surface area contributed by atoms with Gasteiger partial charge in [0.15, 0.2) is 0 Å². The molecule has 1 N–H and O–H groups in total. The first-order valence-corrected chi connectivity index (χ1v) is 3.00. The molecule has 9 heavy (non-hydrogen) atoms. The summed E-state index contributed by atoms with van der Waals surface area (Å²) in [5.41, 5.74) is 2.12. The van der Waals surface area contributed by atoms with Gasteiger partial charge in [0.25, 0.3) is 0 Å². The number of hydrogen-bond acceptors (Lipinski definition) is 3. The molecule has 2 heterocycles. The van der Waals surface area contributed by atoms with Crippen molar-refractivity contribution in [2.75, 3.05) is 6.54 Å². The highest BCUT2D eigenvalue weighted by Crippen LogP contribution is 2.10. The first-order chi connectivity index (χ1) is 4.47. The van der Waals surface area contributed by atoms with Gasteiger partial charge in [-0.15, -0.1) is 0 Å². The van der Waals surface area contributed by atoms with Crippen LogP contribution in [0.2, 0.25) is 0 Å². The Hall–Kier alpha value is -1.12. The summed E-state index contributed by atoms with van der Waals surface area (Å²) in [6.45, 7) is 0.992. The van der Waals surface area contributed by atoms with Crippen LogP contribution in [0.1, 0.15) is 6.42 Å². The third kappa shape index (κ3) is 0.650. The zero-order valence-electron chi connectivity index (χ0n) is 4.96. The van der Waals surface area contributed by atoms with Crippen LogP contribution in [-0.4, -0.2) is 18.6 Å². The number of fused-ring (bicyclic) bond motifs is 1. The van der Waals surface area contributed by atoms with Crippen LogP contribution in [0.15, 0.2) is 21.9 Å². The molecule has 2 aliphatic heterocycles. The molecule has 0 unspecified atom stereocenters. The lowest BCUT2D eigenvalue weighted by atomic mass is 10.2. The van der Waals surface area contributed by atoms with E-state index in [1.54, 1.807) is 6.34 Å². The van der Waals surface area contributed by atoms with E-state index >= 15 is 0 Å². The van der Waals surface area contributed by atoms with Crippen molar-refractivity contribution in [1.29, 1.82) is 0 Å². The normalized spacial score (nSPS) is 22.2. The molecule has 0 bridgehead atoms. The standard InChI is InChI=1S/C6H7N3/c1-2-7-3-6-5(1)8-4-9-6/h3-4,7H,1-2H2. The molecule has 3 heteroatoms. The molecule has 3 nitrogen and oxygen atoms in total. The van der Waals surface area contributed by atoms with Gasteiger partial charge in [0, 0.05) is 19.2 Å². The van der Waals surface area contributed by atoms with Crippen LogP contribution < -0.4 is 5.32 Å². The van der Waals surface area contributed by atoms with Crippen molar-refractivity contribution in [2.24, 2.45) is 9.98 Å². The maximum Gasteiger partial charge on any atom is 0.116 e. The Morgan fingerprint density at radius 1 is 1.56 bits per heavy atom. The smallest absolute Gasteiger partial charge is 0.116 e. The van der Waals surface area contributed by atoms with E-state index in [9.17, 15) is 0 Å². The van der Waals surface area contributed by atoms with E-state index in [0.29, 0.717) is 0 Å². The summed E-state index contributed by atoms with van der Waals surface area (Å²) in [6.07, 6.45) is 4.52. The van der Waals surface area contributed by atoms with Gasteiger partial charge < -0.3 is 5.32 Å². The third-order valence-corrected chi connectivity index (χ3v) is 1.45. The van der Waals surface area contributed by atoms with Crippen LogP contribution in [-0.2, 0) is 0 Å². The summed E-state index contributed by atoms with van der Waals surface area (Å²) >= 11 is 0. The van der Waals surface area contributed by atoms with Gasteiger partial charge in [-0.2, -0.15) is 0 Å². The van der Waals surface area contributed by atoms with Crippen LogP contribution in [0.4, 0.5) is 0 Å². The van der Waals surface area contributed by atoms with E-state index in [2.05, 4.69) is 15.3 Å². The van der Waals surface area contributed by atoms with Crippen LogP contribution in [0.25, 0.3) is 0 Å². The molecule has 46 valence electrons. The number of allylic oxidation sites excluding steroid dienone is 1. The minimum Gasteiger partial charge on any atom is -0.389 e. The first-order valence-electron chi connectivity index (χ1n) is 3.00. The van der Waals surface area contributed by atoms with Crippen molar-refractivity contribution >= 4 is 12.1 Å². The van der Waals surface area contributed by atoms with Gasteiger partial charge in [0.05, 0.1) is 5.71 Å². The second-order valence-electron chi connectivity index (χ2n) is 2.05. The number of hydrogen-bond donors (Lipinski definition) is 1. The molecule has 0 saturated heterocycles. The molecule has 2 aliphatic rings. The Morgan fingerprint density at radius 3 is 3.44 bits per heavy atom. The molecule has 0 atom stereocenters. The fraction of sp³-hybridized carbons (Fsp3) is 0.333. The highest BCUT2D eigenvalue weighted by atomic mass is 15.0. The summed E-state index contributed by atoms with van der Waals surface area (Å²) in [5.74, 6) is 0. The van der Waals surface area contributed by atoms with E-state index in [-0.39, 0.29) is 0 Å². The molecule has 0 fully saturated rings. The Morgan fingerprint density at radius 2 is 2.56 bits per heavy atom. The summed E-state index contributed by atoms with van der Waals surface area (Å²) < 4.78 is 0. The van der Waals surface area contributed by atoms with Crippen molar-refractivity contribution in [3.63, 3.8) is 0 Å². The molecule has 0 amide bonds. The van der Waals surface area contributed by atoms with Crippen LogP contribution in [0.3, 0.4) is 0 Å². The van der Waals surface area contributed by atoms with Gasteiger partial charge in [-0.05, 0) is 0 Å². The largest absolute Gasteiger partial charge is 0.389 e. The van der Waals surface area contributed by atoms with Crippen molar-refractivity contribution in [2.45, 2.75) is 6.42 Å². The fourth-order valence-corrected chi connectivity index (χ4v) is 0.974.